The van der Waals surface area contributed by atoms with Crippen LogP contribution in [0.5, 0.6) is 5.75 Å². The second-order valence-corrected chi connectivity index (χ2v) is 7.48. The maximum Gasteiger partial charge on any atom is 0.261 e. The SMILES string of the molecule is COc1ccc(S(=O)(=O)Nc2cccc(C)c2C)cc1-c1ccc[nH]1. The van der Waals surface area contributed by atoms with Crippen molar-refractivity contribution in [2.45, 2.75) is 18.7 Å². The molecule has 0 spiro atoms. The second kappa shape index (κ2) is 6.64. The number of nitrogens with one attached hydrogen (secondary N) is 2. The first-order valence-electron chi connectivity index (χ1n) is 7.83. The normalized spacial score (nSPS) is 11.3. The molecule has 3 rings (SSSR count). The molecule has 2 N–H and O–H groups in total. The summed E-state index contributed by atoms with van der Waals surface area (Å²) in [4.78, 5) is 3.26. The lowest BCUT2D eigenvalue weighted by Crippen LogP contribution is -2.14. The van der Waals surface area contributed by atoms with Crippen molar-refractivity contribution in [3.8, 4) is 17.0 Å². The van der Waals surface area contributed by atoms with Crippen LogP contribution in [0.25, 0.3) is 11.3 Å². The summed E-state index contributed by atoms with van der Waals surface area (Å²) in [5.41, 5.74) is 4.00. The van der Waals surface area contributed by atoms with Crippen LogP contribution >= 0.6 is 0 Å². The van der Waals surface area contributed by atoms with E-state index in [4.69, 9.17) is 4.74 Å². The molecule has 1 heterocycles. The number of aryl methyl sites for hydroxylation is 1. The van der Waals surface area contributed by atoms with Gasteiger partial charge < -0.3 is 9.72 Å². The minimum absolute atomic E-state index is 0.179. The van der Waals surface area contributed by atoms with Crippen LogP contribution in [0.4, 0.5) is 5.69 Å². The maximum absolute atomic E-state index is 12.8. The Bertz CT molecular complexity index is 994. The van der Waals surface area contributed by atoms with Gasteiger partial charge in [0.15, 0.2) is 0 Å². The van der Waals surface area contributed by atoms with Gasteiger partial charge in [0.05, 0.1) is 17.7 Å². The van der Waals surface area contributed by atoms with Crippen LogP contribution in [0, 0.1) is 13.8 Å². The number of ether oxygens (including phenoxy) is 1. The molecule has 0 aliphatic carbocycles. The average molecular weight is 356 g/mol. The van der Waals surface area contributed by atoms with Crippen LogP contribution in [-0.2, 0) is 10.0 Å². The molecule has 2 aromatic carbocycles. The number of aromatic nitrogens is 1. The molecule has 0 saturated heterocycles. The zero-order chi connectivity index (χ0) is 18.0. The number of benzene rings is 2. The number of aromatic amines is 1. The van der Waals surface area contributed by atoms with Crippen LogP contribution in [0.2, 0.25) is 0 Å². The Morgan fingerprint density at radius 3 is 2.52 bits per heavy atom. The fraction of sp³-hybridized carbons (Fsp3) is 0.158. The van der Waals surface area contributed by atoms with Gasteiger partial charge in [-0.15, -0.1) is 0 Å². The van der Waals surface area contributed by atoms with Crippen molar-refractivity contribution in [1.82, 2.24) is 4.98 Å². The summed E-state index contributed by atoms with van der Waals surface area (Å²) in [6.07, 6.45) is 1.78. The zero-order valence-corrected chi connectivity index (χ0v) is 15.1. The van der Waals surface area contributed by atoms with Crippen molar-refractivity contribution in [2.75, 3.05) is 11.8 Å². The number of rotatable bonds is 5. The van der Waals surface area contributed by atoms with E-state index in [0.29, 0.717) is 17.0 Å². The van der Waals surface area contributed by atoms with Gasteiger partial charge in [-0.05, 0) is 61.4 Å². The highest BCUT2D eigenvalue weighted by Gasteiger charge is 2.18. The lowest BCUT2D eigenvalue weighted by atomic mass is 10.1. The van der Waals surface area contributed by atoms with E-state index < -0.39 is 10.0 Å². The molecule has 6 heteroatoms. The Kier molecular flexibility index (Phi) is 4.55. The third-order valence-corrected chi connectivity index (χ3v) is 5.58. The molecule has 0 aliphatic rings. The molecule has 0 unspecified atom stereocenters. The van der Waals surface area contributed by atoms with Crippen LogP contribution in [0.15, 0.2) is 59.6 Å². The first-order valence-corrected chi connectivity index (χ1v) is 9.31. The van der Waals surface area contributed by atoms with Crippen molar-refractivity contribution in [1.29, 1.82) is 0 Å². The van der Waals surface area contributed by atoms with E-state index in [1.807, 2.05) is 38.1 Å². The Labute approximate surface area is 147 Å². The molecule has 0 saturated carbocycles. The zero-order valence-electron chi connectivity index (χ0n) is 14.3. The fourth-order valence-electron chi connectivity index (χ4n) is 2.63. The summed E-state index contributed by atoms with van der Waals surface area (Å²) >= 11 is 0. The van der Waals surface area contributed by atoms with Gasteiger partial charge in [-0.1, -0.05) is 12.1 Å². The lowest BCUT2D eigenvalue weighted by molar-refractivity contribution is 0.416. The molecule has 3 aromatic rings. The van der Waals surface area contributed by atoms with E-state index in [9.17, 15) is 8.42 Å². The van der Waals surface area contributed by atoms with Gasteiger partial charge in [0.25, 0.3) is 10.0 Å². The van der Waals surface area contributed by atoms with Crippen molar-refractivity contribution >= 4 is 15.7 Å². The molecule has 130 valence electrons. The van der Waals surface area contributed by atoms with Gasteiger partial charge in [-0.3, -0.25) is 4.72 Å². The molecule has 25 heavy (non-hydrogen) atoms. The van der Waals surface area contributed by atoms with Crippen LogP contribution < -0.4 is 9.46 Å². The molecule has 0 fully saturated rings. The van der Waals surface area contributed by atoms with Gasteiger partial charge in [-0.25, -0.2) is 8.42 Å². The monoisotopic (exact) mass is 356 g/mol. The predicted molar refractivity (Wildman–Crippen MR) is 99.5 cm³/mol. The van der Waals surface area contributed by atoms with E-state index in [-0.39, 0.29) is 4.90 Å². The highest BCUT2D eigenvalue weighted by Crippen LogP contribution is 2.32. The topological polar surface area (TPSA) is 71.2 Å². The van der Waals surface area contributed by atoms with Crippen molar-refractivity contribution < 1.29 is 13.2 Å². The van der Waals surface area contributed by atoms with E-state index in [0.717, 1.165) is 16.8 Å². The number of hydrogen-bond acceptors (Lipinski definition) is 3. The summed E-state index contributed by atoms with van der Waals surface area (Å²) in [7, 11) is -2.15. The van der Waals surface area contributed by atoms with Crippen LogP contribution in [0.3, 0.4) is 0 Å². The van der Waals surface area contributed by atoms with Crippen molar-refractivity contribution in [2.24, 2.45) is 0 Å². The van der Waals surface area contributed by atoms with Gasteiger partial charge in [-0.2, -0.15) is 0 Å². The number of sulfonamides is 1. The summed E-state index contributed by atoms with van der Waals surface area (Å²) < 4.78 is 33.7. The predicted octanol–water partition coefficient (Wildman–Crippen LogP) is 4.11. The van der Waals surface area contributed by atoms with Gasteiger partial charge in [0.1, 0.15) is 5.75 Å². The smallest absolute Gasteiger partial charge is 0.261 e. The largest absolute Gasteiger partial charge is 0.496 e. The highest BCUT2D eigenvalue weighted by molar-refractivity contribution is 7.92. The van der Waals surface area contributed by atoms with E-state index in [1.165, 1.54) is 0 Å². The van der Waals surface area contributed by atoms with Gasteiger partial charge in [0.2, 0.25) is 0 Å². The summed E-state index contributed by atoms with van der Waals surface area (Å²) in [6, 6.07) is 14.1. The van der Waals surface area contributed by atoms with Crippen LogP contribution in [0.1, 0.15) is 11.1 Å². The van der Waals surface area contributed by atoms with E-state index >= 15 is 0 Å². The molecule has 5 nitrogen and oxygen atoms in total. The quantitative estimate of drug-likeness (QED) is 0.723. The second-order valence-electron chi connectivity index (χ2n) is 5.80. The number of methoxy groups -OCH3 is 1. The number of H-pyrrole nitrogens is 1. The average Bonchev–Trinajstić information content (AvgIpc) is 3.12. The first-order chi connectivity index (χ1) is 11.9. The van der Waals surface area contributed by atoms with E-state index in [2.05, 4.69) is 9.71 Å². The van der Waals surface area contributed by atoms with Gasteiger partial charge in [0, 0.05) is 17.5 Å². The highest BCUT2D eigenvalue weighted by atomic mass is 32.2. The first kappa shape index (κ1) is 17.1. The van der Waals surface area contributed by atoms with Gasteiger partial charge >= 0.3 is 0 Å². The minimum atomic E-state index is -3.71. The Morgan fingerprint density at radius 1 is 1.04 bits per heavy atom. The lowest BCUT2D eigenvalue weighted by Gasteiger charge is -2.14. The molecule has 1 aromatic heterocycles. The molecule has 0 bridgehead atoms. The summed E-state index contributed by atoms with van der Waals surface area (Å²) in [5, 5.41) is 0. The molecular formula is C19H20N2O3S. The Hall–Kier alpha value is -2.73. The molecular weight excluding hydrogens is 336 g/mol. The fourth-order valence-corrected chi connectivity index (χ4v) is 3.78. The standard InChI is InChI=1S/C19H20N2O3S/c1-13-6-4-7-17(14(13)2)21-25(22,23)15-9-10-19(24-3)16(12-15)18-8-5-11-20-18/h4-12,20-21H,1-3H3. The summed E-state index contributed by atoms with van der Waals surface area (Å²) in [6.45, 7) is 3.84. The third kappa shape index (κ3) is 3.39. The third-order valence-electron chi connectivity index (χ3n) is 4.22. The number of hydrogen-bond donors (Lipinski definition) is 2. The Morgan fingerprint density at radius 2 is 1.84 bits per heavy atom. The summed E-state index contributed by atoms with van der Waals surface area (Å²) in [5.74, 6) is 0.605. The van der Waals surface area contributed by atoms with Crippen molar-refractivity contribution in [3.05, 3.63) is 65.9 Å². The molecule has 0 atom stereocenters. The molecule has 0 amide bonds. The van der Waals surface area contributed by atoms with Crippen molar-refractivity contribution in [3.63, 3.8) is 0 Å². The maximum atomic E-state index is 12.8. The minimum Gasteiger partial charge on any atom is -0.496 e. The van der Waals surface area contributed by atoms with E-state index in [1.54, 1.807) is 37.6 Å². The van der Waals surface area contributed by atoms with Crippen LogP contribution in [-0.4, -0.2) is 20.5 Å². The Balaban J connectivity index is 2.03. The number of anilines is 1. The molecule has 0 aliphatic heterocycles. The molecule has 0 radical (unpaired) electrons.